The van der Waals surface area contributed by atoms with Gasteiger partial charge in [0.15, 0.2) is 0 Å². The SMILES string of the molecule is COc1ccc(N2CCC(CCCN)C2)cc1Cl. The molecule has 1 aromatic rings. The minimum atomic E-state index is 0.681. The number of halogens is 1. The van der Waals surface area contributed by atoms with E-state index in [4.69, 9.17) is 22.1 Å². The van der Waals surface area contributed by atoms with Gasteiger partial charge in [-0.3, -0.25) is 0 Å². The Morgan fingerprint density at radius 1 is 1.50 bits per heavy atom. The third-order valence-electron chi connectivity index (χ3n) is 3.60. The van der Waals surface area contributed by atoms with E-state index >= 15 is 0 Å². The number of nitrogens with zero attached hydrogens (tertiary/aromatic N) is 1. The summed E-state index contributed by atoms with van der Waals surface area (Å²) in [5.41, 5.74) is 6.75. The van der Waals surface area contributed by atoms with E-state index in [1.54, 1.807) is 7.11 Å². The molecule has 1 aliphatic rings. The standard InChI is InChI=1S/C14H21ClN2O/c1-18-14-5-4-12(9-13(14)15)17-8-6-11(10-17)3-2-7-16/h4-5,9,11H,2-3,6-8,10,16H2,1H3. The lowest BCUT2D eigenvalue weighted by atomic mass is 10.0. The van der Waals surface area contributed by atoms with Crippen LogP contribution < -0.4 is 15.4 Å². The zero-order valence-electron chi connectivity index (χ0n) is 10.9. The van der Waals surface area contributed by atoms with Crippen LogP contribution in [0.4, 0.5) is 5.69 Å². The van der Waals surface area contributed by atoms with E-state index in [1.165, 1.54) is 18.5 Å². The molecule has 0 spiro atoms. The molecule has 1 saturated heterocycles. The zero-order valence-corrected chi connectivity index (χ0v) is 11.6. The van der Waals surface area contributed by atoms with Crippen molar-refractivity contribution < 1.29 is 4.74 Å². The summed E-state index contributed by atoms with van der Waals surface area (Å²) in [6.07, 6.45) is 3.61. The first-order valence-electron chi connectivity index (χ1n) is 6.53. The zero-order chi connectivity index (χ0) is 13.0. The van der Waals surface area contributed by atoms with Crippen LogP contribution in [0.15, 0.2) is 18.2 Å². The van der Waals surface area contributed by atoms with Crippen LogP contribution in [0.25, 0.3) is 0 Å². The molecule has 0 bridgehead atoms. The molecule has 18 heavy (non-hydrogen) atoms. The number of hydrogen-bond donors (Lipinski definition) is 1. The summed E-state index contributed by atoms with van der Waals surface area (Å²) >= 11 is 6.16. The predicted octanol–water partition coefficient (Wildman–Crippen LogP) is 2.91. The van der Waals surface area contributed by atoms with Gasteiger partial charge in [-0.05, 0) is 49.9 Å². The van der Waals surface area contributed by atoms with Crippen LogP contribution >= 0.6 is 11.6 Å². The minimum absolute atomic E-state index is 0.681. The molecule has 4 heteroatoms. The fraction of sp³-hybridized carbons (Fsp3) is 0.571. The highest BCUT2D eigenvalue weighted by molar-refractivity contribution is 6.32. The molecule has 1 fully saturated rings. The second-order valence-electron chi connectivity index (χ2n) is 4.85. The number of nitrogens with two attached hydrogens (primary N) is 1. The molecule has 2 N–H and O–H groups in total. The summed E-state index contributed by atoms with van der Waals surface area (Å²) in [6.45, 7) is 3.02. The van der Waals surface area contributed by atoms with E-state index in [1.807, 2.05) is 12.1 Å². The Labute approximate surface area is 114 Å². The summed E-state index contributed by atoms with van der Waals surface area (Å²) in [4.78, 5) is 2.40. The van der Waals surface area contributed by atoms with Crippen molar-refractivity contribution in [2.24, 2.45) is 11.7 Å². The summed E-state index contributed by atoms with van der Waals surface area (Å²) in [6, 6.07) is 6.01. The number of anilines is 1. The van der Waals surface area contributed by atoms with Crippen molar-refractivity contribution in [3.8, 4) is 5.75 Å². The molecular formula is C14H21ClN2O. The maximum Gasteiger partial charge on any atom is 0.137 e. The fourth-order valence-electron chi connectivity index (χ4n) is 2.56. The summed E-state index contributed by atoms with van der Waals surface area (Å²) in [5.74, 6) is 1.51. The monoisotopic (exact) mass is 268 g/mol. The van der Waals surface area contributed by atoms with E-state index < -0.39 is 0 Å². The van der Waals surface area contributed by atoms with Crippen molar-refractivity contribution in [3.05, 3.63) is 23.2 Å². The van der Waals surface area contributed by atoms with E-state index in [-0.39, 0.29) is 0 Å². The average Bonchev–Trinajstić information content (AvgIpc) is 2.85. The average molecular weight is 269 g/mol. The molecule has 1 atom stereocenters. The smallest absolute Gasteiger partial charge is 0.137 e. The van der Waals surface area contributed by atoms with Crippen LogP contribution in [0.2, 0.25) is 5.02 Å². The fourth-order valence-corrected chi connectivity index (χ4v) is 2.81. The highest BCUT2D eigenvalue weighted by Gasteiger charge is 2.22. The number of benzene rings is 1. The van der Waals surface area contributed by atoms with Gasteiger partial charge in [0.05, 0.1) is 12.1 Å². The van der Waals surface area contributed by atoms with Gasteiger partial charge in [-0.1, -0.05) is 11.6 Å². The molecule has 0 saturated carbocycles. The van der Waals surface area contributed by atoms with E-state index in [2.05, 4.69) is 11.0 Å². The molecule has 0 aliphatic carbocycles. The lowest BCUT2D eigenvalue weighted by molar-refractivity contribution is 0.415. The lowest BCUT2D eigenvalue weighted by Crippen LogP contribution is -2.19. The van der Waals surface area contributed by atoms with Gasteiger partial charge in [-0.2, -0.15) is 0 Å². The second kappa shape index (κ2) is 6.30. The van der Waals surface area contributed by atoms with Crippen LogP contribution in [0.5, 0.6) is 5.75 Å². The second-order valence-corrected chi connectivity index (χ2v) is 5.26. The Morgan fingerprint density at radius 3 is 3.00 bits per heavy atom. The van der Waals surface area contributed by atoms with Crippen molar-refractivity contribution >= 4 is 17.3 Å². The molecule has 0 amide bonds. The van der Waals surface area contributed by atoms with Gasteiger partial charge >= 0.3 is 0 Å². The molecule has 1 aromatic carbocycles. The molecule has 1 heterocycles. The van der Waals surface area contributed by atoms with Gasteiger partial charge in [-0.25, -0.2) is 0 Å². The third kappa shape index (κ3) is 3.09. The molecule has 1 unspecified atom stereocenters. The van der Waals surface area contributed by atoms with E-state index in [9.17, 15) is 0 Å². The van der Waals surface area contributed by atoms with Crippen LogP contribution in [-0.4, -0.2) is 26.7 Å². The van der Waals surface area contributed by atoms with Crippen molar-refractivity contribution in [3.63, 3.8) is 0 Å². The Bertz CT molecular complexity index is 397. The Balaban J connectivity index is 1.98. The highest BCUT2D eigenvalue weighted by Crippen LogP contribution is 2.32. The van der Waals surface area contributed by atoms with Crippen molar-refractivity contribution in [2.75, 3.05) is 31.6 Å². The summed E-state index contributed by atoms with van der Waals surface area (Å²) in [7, 11) is 1.64. The molecule has 100 valence electrons. The molecule has 1 aliphatic heterocycles. The topological polar surface area (TPSA) is 38.5 Å². The molecule has 0 aromatic heterocycles. The van der Waals surface area contributed by atoms with E-state index in [0.29, 0.717) is 5.02 Å². The normalized spacial score (nSPS) is 19.3. The lowest BCUT2D eigenvalue weighted by Gasteiger charge is -2.19. The molecule has 3 nitrogen and oxygen atoms in total. The van der Waals surface area contributed by atoms with Crippen molar-refractivity contribution in [1.29, 1.82) is 0 Å². The first-order chi connectivity index (χ1) is 8.74. The Kier molecular flexibility index (Phi) is 4.72. The number of rotatable bonds is 5. The van der Waals surface area contributed by atoms with Crippen LogP contribution in [-0.2, 0) is 0 Å². The van der Waals surface area contributed by atoms with Gasteiger partial charge in [0, 0.05) is 18.8 Å². The number of ether oxygens (including phenoxy) is 1. The quantitative estimate of drug-likeness (QED) is 0.892. The maximum absolute atomic E-state index is 6.16. The first-order valence-corrected chi connectivity index (χ1v) is 6.91. The number of hydrogen-bond acceptors (Lipinski definition) is 3. The third-order valence-corrected chi connectivity index (χ3v) is 3.90. The predicted molar refractivity (Wildman–Crippen MR) is 76.6 cm³/mol. The molecule has 0 radical (unpaired) electrons. The van der Waals surface area contributed by atoms with Gasteiger partial charge < -0.3 is 15.4 Å². The molecule has 2 rings (SSSR count). The highest BCUT2D eigenvalue weighted by atomic mass is 35.5. The van der Waals surface area contributed by atoms with Crippen LogP contribution in [0.3, 0.4) is 0 Å². The first kappa shape index (κ1) is 13.5. The summed E-state index contributed by atoms with van der Waals surface area (Å²) < 4.78 is 5.17. The Morgan fingerprint density at radius 2 is 2.33 bits per heavy atom. The van der Waals surface area contributed by atoms with E-state index in [0.717, 1.165) is 37.7 Å². The minimum Gasteiger partial charge on any atom is -0.495 e. The Hall–Kier alpha value is -0.930. The van der Waals surface area contributed by atoms with Gasteiger partial charge in [0.1, 0.15) is 5.75 Å². The van der Waals surface area contributed by atoms with Crippen molar-refractivity contribution in [1.82, 2.24) is 0 Å². The van der Waals surface area contributed by atoms with Crippen molar-refractivity contribution in [2.45, 2.75) is 19.3 Å². The largest absolute Gasteiger partial charge is 0.495 e. The number of methoxy groups -OCH3 is 1. The summed E-state index contributed by atoms with van der Waals surface area (Å²) in [5, 5.41) is 0.681. The van der Waals surface area contributed by atoms with Gasteiger partial charge in [0.2, 0.25) is 0 Å². The molecular weight excluding hydrogens is 248 g/mol. The van der Waals surface area contributed by atoms with Crippen LogP contribution in [0, 0.1) is 5.92 Å². The van der Waals surface area contributed by atoms with Gasteiger partial charge in [0.25, 0.3) is 0 Å². The van der Waals surface area contributed by atoms with Crippen LogP contribution in [0.1, 0.15) is 19.3 Å². The maximum atomic E-state index is 6.16. The van der Waals surface area contributed by atoms with Gasteiger partial charge in [-0.15, -0.1) is 0 Å².